The highest BCUT2D eigenvalue weighted by atomic mass is 16.3. The number of aliphatic hydroxyl groups is 1. The molecular formula is C20H26N2O3. The van der Waals surface area contributed by atoms with E-state index in [1.54, 1.807) is 4.90 Å². The largest absolute Gasteiger partial charge is 0.391 e. The van der Waals surface area contributed by atoms with Gasteiger partial charge in [0.15, 0.2) is 0 Å². The smallest absolute Gasteiger partial charge is 0.254 e. The quantitative estimate of drug-likeness (QED) is 0.895. The summed E-state index contributed by atoms with van der Waals surface area (Å²) < 4.78 is 0. The first kappa shape index (κ1) is 16.6. The number of hydrogen-bond donors (Lipinski definition) is 1. The van der Waals surface area contributed by atoms with Gasteiger partial charge in [-0.15, -0.1) is 0 Å². The molecule has 5 nitrogen and oxygen atoms in total. The lowest BCUT2D eigenvalue weighted by molar-refractivity contribution is -0.135. The molecule has 2 amide bonds. The first-order valence-electron chi connectivity index (χ1n) is 9.49. The van der Waals surface area contributed by atoms with Crippen LogP contribution in [0.2, 0.25) is 0 Å². The van der Waals surface area contributed by atoms with Crippen molar-refractivity contribution in [2.24, 2.45) is 5.92 Å². The van der Waals surface area contributed by atoms with E-state index in [4.69, 9.17) is 0 Å². The molecule has 1 aliphatic carbocycles. The van der Waals surface area contributed by atoms with Gasteiger partial charge in [0.05, 0.1) is 6.10 Å². The fraction of sp³-hybridized carbons (Fsp3) is 0.600. The molecule has 134 valence electrons. The molecule has 2 heterocycles. The standard InChI is InChI=1S/C20H26N2O3/c23-16-10-11-21(13-16)20(25)18-12-15-8-4-5-9-17(15)22(18)19(24)14-6-2-1-3-7-14/h1-3,6-7,15-18,23H,4-5,8-13H2/t15-,16+,17+,18-/m0/s1. The van der Waals surface area contributed by atoms with Gasteiger partial charge in [-0.2, -0.15) is 0 Å². The minimum absolute atomic E-state index is 0.0203. The Morgan fingerprint density at radius 1 is 1.04 bits per heavy atom. The van der Waals surface area contributed by atoms with Crippen LogP contribution in [-0.2, 0) is 4.79 Å². The van der Waals surface area contributed by atoms with Crippen LogP contribution >= 0.6 is 0 Å². The van der Waals surface area contributed by atoms with Crippen molar-refractivity contribution in [2.45, 2.75) is 56.7 Å². The second kappa shape index (κ2) is 6.79. The Morgan fingerprint density at radius 2 is 1.80 bits per heavy atom. The normalized spacial score (nSPS) is 31.9. The number of likely N-dealkylation sites (tertiary alicyclic amines) is 2. The maximum atomic E-state index is 13.2. The lowest BCUT2D eigenvalue weighted by atomic mass is 9.84. The summed E-state index contributed by atoms with van der Waals surface area (Å²) in [5, 5.41) is 9.78. The van der Waals surface area contributed by atoms with Crippen molar-refractivity contribution in [3.63, 3.8) is 0 Å². The van der Waals surface area contributed by atoms with Crippen LogP contribution in [0.15, 0.2) is 30.3 Å². The van der Waals surface area contributed by atoms with E-state index < -0.39 is 6.10 Å². The van der Waals surface area contributed by atoms with E-state index in [2.05, 4.69) is 0 Å². The van der Waals surface area contributed by atoms with Crippen LogP contribution in [0, 0.1) is 5.92 Å². The molecule has 1 aromatic carbocycles. The van der Waals surface area contributed by atoms with Gasteiger partial charge in [-0.05, 0) is 43.7 Å². The van der Waals surface area contributed by atoms with E-state index in [1.807, 2.05) is 35.2 Å². The number of β-amino-alcohol motifs (C(OH)–C–C–N with tert-alkyl or cyclic N) is 1. The van der Waals surface area contributed by atoms with Crippen molar-refractivity contribution in [1.29, 1.82) is 0 Å². The molecule has 1 saturated carbocycles. The summed E-state index contributed by atoms with van der Waals surface area (Å²) in [6, 6.07) is 9.12. The lowest BCUT2D eigenvalue weighted by Gasteiger charge is -2.34. The molecule has 4 rings (SSSR count). The number of nitrogens with zero attached hydrogens (tertiary/aromatic N) is 2. The monoisotopic (exact) mass is 342 g/mol. The average Bonchev–Trinajstić information content (AvgIpc) is 3.25. The summed E-state index contributed by atoms with van der Waals surface area (Å²) in [7, 11) is 0. The molecule has 0 spiro atoms. The maximum absolute atomic E-state index is 13.2. The van der Waals surface area contributed by atoms with Gasteiger partial charge in [0.2, 0.25) is 5.91 Å². The zero-order chi connectivity index (χ0) is 17.4. The topological polar surface area (TPSA) is 60.9 Å². The zero-order valence-electron chi connectivity index (χ0n) is 14.5. The second-order valence-electron chi connectivity index (χ2n) is 7.67. The Labute approximate surface area is 148 Å². The molecular weight excluding hydrogens is 316 g/mol. The van der Waals surface area contributed by atoms with Crippen molar-refractivity contribution >= 4 is 11.8 Å². The third-order valence-corrected chi connectivity index (χ3v) is 6.10. The molecule has 3 aliphatic rings. The highest BCUT2D eigenvalue weighted by Gasteiger charge is 2.49. The highest BCUT2D eigenvalue weighted by molar-refractivity contribution is 5.98. The molecule has 2 saturated heterocycles. The predicted molar refractivity (Wildman–Crippen MR) is 94.0 cm³/mol. The third kappa shape index (κ3) is 3.06. The van der Waals surface area contributed by atoms with Crippen molar-refractivity contribution < 1.29 is 14.7 Å². The molecule has 1 N–H and O–H groups in total. The summed E-state index contributed by atoms with van der Waals surface area (Å²) in [6.45, 7) is 0.997. The summed E-state index contributed by atoms with van der Waals surface area (Å²) >= 11 is 0. The Balaban J connectivity index is 1.61. The number of carbonyl (C=O) groups excluding carboxylic acids is 2. The van der Waals surface area contributed by atoms with Gasteiger partial charge in [0, 0.05) is 24.7 Å². The van der Waals surface area contributed by atoms with E-state index in [0.29, 0.717) is 31.0 Å². The molecule has 0 radical (unpaired) electrons. The van der Waals surface area contributed by atoms with Gasteiger partial charge in [0.25, 0.3) is 5.91 Å². The van der Waals surface area contributed by atoms with Crippen LogP contribution in [0.1, 0.15) is 48.9 Å². The van der Waals surface area contributed by atoms with Crippen LogP contribution in [0.25, 0.3) is 0 Å². The van der Waals surface area contributed by atoms with Crippen LogP contribution < -0.4 is 0 Å². The first-order chi connectivity index (χ1) is 12.1. The minimum Gasteiger partial charge on any atom is -0.391 e. The molecule has 25 heavy (non-hydrogen) atoms. The van der Waals surface area contributed by atoms with E-state index in [1.165, 1.54) is 6.42 Å². The summed E-state index contributed by atoms with van der Waals surface area (Å²) in [5.41, 5.74) is 0.660. The Morgan fingerprint density at radius 3 is 2.52 bits per heavy atom. The number of rotatable bonds is 2. The van der Waals surface area contributed by atoms with Crippen molar-refractivity contribution in [2.75, 3.05) is 13.1 Å². The Hall–Kier alpha value is -1.88. The number of hydrogen-bond acceptors (Lipinski definition) is 3. The molecule has 0 aromatic heterocycles. The average molecular weight is 342 g/mol. The van der Waals surface area contributed by atoms with Crippen LogP contribution in [0.5, 0.6) is 0 Å². The molecule has 3 fully saturated rings. The van der Waals surface area contributed by atoms with Gasteiger partial charge in [-0.25, -0.2) is 0 Å². The van der Waals surface area contributed by atoms with E-state index >= 15 is 0 Å². The van der Waals surface area contributed by atoms with Crippen molar-refractivity contribution in [1.82, 2.24) is 9.80 Å². The van der Waals surface area contributed by atoms with Crippen LogP contribution in [0.4, 0.5) is 0 Å². The van der Waals surface area contributed by atoms with Gasteiger partial charge >= 0.3 is 0 Å². The Kier molecular flexibility index (Phi) is 4.50. The second-order valence-corrected chi connectivity index (χ2v) is 7.67. The van der Waals surface area contributed by atoms with Crippen LogP contribution in [-0.4, -0.2) is 58.0 Å². The first-order valence-corrected chi connectivity index (χ1v) is 9.49. The number of benzene rings is 1. The predicted octanol–water partition coefficient (Wildman–Crippen LogP) is 2.05. The van der Waals surface area contributed by atoms with E-state index in [0.717, 1.165) is 25.7 Å². The fourth-order valence-electron chi connectivity index (χ4n) is 4.86. The lowest BCUT2D eigenvalue weighted by Crippen LogP contribution is -2.50. The Bertz CT molecular complexity index is 648. The number of fused-ring (bicyclic) bond motifs is 1. The zero-order valence-corrected chi connectivity index (χ0v) is 14.5. The van der Waals surface area contributed by atoms with Crippen molar-refractivity contribution in [3.8, 4) is 0 Å². The third-order valence-electron chi connectivity index (χ3n) is 6.10. The van der Waals surface area contributed by atoms with Crippen LogP contribution in [0.3, 0.4) is 0 Å². The van der Waals surface area contributed by atoms with Gasteiger partial charge in [-0.1, -0.05) is 31.0 Å². The SMILES string of the molecule is O=C([C@@H]1C[C@@H]2CCCC[C@H]2N1C(=O)c1ccccc1)N1CC[C@@H](O)C1. The molecule has 1 aromatic rings. The molecule has 2 aliphatic heterocycles. The van der Waals surface area contributed by atoms with Gasteiger partial charge in [0.1, 0.15) is 6.04 Å². The number of aliphatic hydroxyl groups excluding tert-OH is 1. The fourth-order valence-corrected chi connectivity index (χ4v) is 4.86. The van der Waals surface area contributed by atoms with E-state index in [-0.39, 0.29) is 23.9 Å². The summed E-state index contributed by atoms with van der Waals surface area (Å²) in [4.78, 5) is 29.9. The maximum Gasteiger partial charge on any atom is 0.254 e. The minimum atomic E-state index is -0.425. The van der Waals surface area contributed by atoms with Gasteiger partial charge in [-0.3, -0.25) is 9.59 Å². The van der Waals surface area contributed by atoms with Gasteiger partial charge < -0.3 is 14.9 Å². The van der Waals surface area contributed by atoms with Crippen molar-refractivity contribution in [3.05, 3.63) is 35.9 Å². The number of amides is 2. The molecule has 4 atom stereocenters. The highest BCUT2D eigenvalue weighted by Crippen LogP contribution is 2.41. The molecule has 0 unspecified atom stereocenters. The number of carbonyl (C=O) groups is 2. The van der Waals surface area contributed by atoms with E-state index in [9.17, 15) is 14.7 Å². The summed E-state index contributed by atoms with van der Waals surface area (Å²) in [6.07, 6.45) is 5.41. The molecule has 5 heteroatoms. The molecule has 0 bridgehead atoms. The summed E-state index contributed by atoms with van der Waals surface area (Å²) in [5.74, 6) is 0.436.